The molecule has 1 atom stereocenters. The highest BCUT2D eigenvalue weighted by molar-refractivity contribution is 5.94. The van der Waals surface area contributed by atoms with Crippen molar-refractivity contribution in [2.75, 3.05) is 40.0 Å². The van der Waals surface area contributed by atoms with E-state index in [0.717, 1.165) is 18.8 Å². The second-order valence-corrected chi connectivity index (χ2v) is 7.10. The van der Waals surface area contributed by atoms with E-state index in [0.29, 0.717) is 36.8 Å². The van der Waals surface area contributed by atoms with E-state index in [-0.39, 0.29) is 11.9 Å². The first-order chi connectivity index (χ1) is 13.7. The molecule has 0 radical (unpaired) electrons. The van der Waals surface area contributed by atoms with E-state index in [2.05, 4.69) is 22.3 Å². The van der Waals surface area contributed by atoms with Gasteiger partial charge in [0.2, 0.25) is 0 Å². The SMILES string of the molecule is COc1ccc(C(CNC(=O)c2ccc3c(c2)OCCO3)N2CCCC2)cc1. The number of rotatable bonds is 6. The van der Waals surface area contributed by atoms with Crippen LogP contribution in [0, 0.1) is 0 Å². The average molecular weight is 382 g/mol. The third-order valence-electron chi connectivity index (χ3n) is 5.34. The van der Waals surface area contributed by atoms with Gasteiger partial charge in [-0.1, -0.05) is 12.1 Å². The Morgan fingerprint density at radius 3 is 2.50 bits per heavy atom. The van der Waals surface area contributed by atoms with Crippen LogP contribution < -0.4 is 19.5 Å². The fourth-order valence-electron chi connectivity index (χ4n) is 3.81. The maximum atomic E-state index is 12.7. The number of ether oxygens (including phenoxy) is 3. The number of benzene rings is 2. The second kappa shape index (κ2) is 8.52. The largest absolute Gasteiger partial charge is 0.497 e. The molecule has 2 aliphatic rings. The Hall–Kier alpha value is -2.73. The number of carbonyl (C=O) groups is 1. The maximum Gasteiger partial charge on any atom is 0.251 e. The van der Waals surface area contributed by atoms with Gasteiger partial charge in [-0.15, -0.1) is 0 Å². The van der Waals surface area contributed by atoms with Crippen molar-refractivity contribution in [2.45, 2.75) is 18.9 Å². The molecule has 2 aliphatic heterocycles. The number of nitrogens with zero attached hydrogens (tertiary/aromatic N) is 1. The van der Waals surface area contributed by atoms with Crippen LogP contribution in [0.2, 0.25) is 0 Å². The summed E-state index contributed by atoms with van der Waals surface area (Å²) in [5, 5.41) is 3.10. The highest BCUT2D eigenvalue weighted by Gasteiger charge is 2.24. The molecule has 1 unspecified atom stereocenters. The number of carbonyl (C=O) groups excluding carboxylic acids is 1. The smallest absolute Gasteiger partial charge is 0.251 e. The van der Waals surface area contributed by atoms with E-state index in [9.17, 15) is 4.79 Å². The summed E-state index contributed by atoms with van der Waals surface area (Å²) in [6.45, 7) is 3.71. The normalized spacial score (nSPS) is 17.2. The molecule has 4 rings (SSSR count). The van der Waals surface area contributed by atoms with Gasteiger partial charge >= 0.3 is 0 Å². The minimum absolute atomic E-state index is 0.102. The predicted molar refractivity (Wildman–Crippen MR) is 106 cm³/mol. The van der Waals surface area contributed by atoms with Crippen molar-refractivity contribution in [3.63, 3.8) is 0 Å². The zero-order chi connectivity index (χ0) is 19.3. The minimum Gasteiger partial charge on any atom is -0.497 e. The summed E-state index contributed by atoms with van der Waals surface area (Å²) in [4.78, 5) is 15.2. The lowest BCUT2D eigenvalue weighted by atomic mass is 10.0. The van der Waals surface area contributed by atoms with Crippen LogP contribution in [0.1, 0.15) is 34.8 Å². The summed E-state index contributed by atoms with van der Waals surface area (Å²) < 4.78 is 16.4. The number of hydrogen-bond acceptors (Lipinski definition) is 5. The molecule has 1 N–H and O–H groups in total. The van der Waals surface area contributed by atoms with Crippen LogP contribution in [-0.4, -0.2) is 50.8 Å². The first kappa shape index (κ1) is 18.6. The molecule has 2 aromatic carbocycles. The van der Waals surface area contributed by atoms with Gasteiger partial charge in [0.1, 0.15) is 19.0 Å². The maximum absolute atomic E-state index is 12.7. The van der Waals surface area contributed by atoms with Crippen molar-refractivity contribution < 1.29 is 19.0 Å². The molecule has 148 valence electrons. The Labute approximate surface area is 165 Å². The van der Waals surface area contributed by atoms with Gasteiger partial charge in [-0.25, -0.2) is 0 Å². The topological polar surface area (TPSA) is 60.0 Å². The Balaban J connectivity index is 1.46. The molecule has 1 saturated heterocycles. The lowest BCUT2D eigenvalue weighted by Gasteiger charge is -2.28. The van der Waals surface area contributed by atoms with E-state index < -0.39 is 0 Å². The summed E-state index contributed by atoms with van der Waals surface area (Å²) in [5.74, 6) is 2.06. The molecule has 1 fully saturated rings. The fourth-order valence-corrected chi connectivity index (χ4v) is 3.81. The average Bonchev–Trinajstić information content (AvgIpc) is 3.28. The van der Waals surface area contributed by atoms with Gasteiger partial charge < -0.3 is 19.5 Å². The Morgan fingerprint density at radius 2 is 1.79 bits per heavy atom. The zero-order valence-electron chi connectivity index (χ0n) is 16.1. The van der Waals surface area contributed by atoms with Crippen LogP contribution in [0.25, 0.3) is 0 Å². The minimum atomic E-state index is -0.102. The molecule has 0 bridgehead atoms. The zero-order valence-corrected chi connectivity index (χ0v) is 16.1. The molecule has 2 aromatic rings. The number of methoxy groups -OCH3 is 1. The summed E-state index contributed by atoms with van der Waals surface area (Å²) in [5.41, 5.74) is 1.77. The molecule has 6 heteroatoms. The Kier molecular flexibility index (Phi) is 5.67. The number of amides is 1. The highest BCUT2D eigenvalue weighted by Crippen LogP contribution is 2.31. The van der Waals surface area contributed by atoms with Gasteiger partial charge in [-0.2, -0.15) is 0 Å². The molecule has 0 aliphatic carbocycles. The van der Waals surface area contributed by atoms with Crippen LogP contribution in [0.4, 0.5) is 0 Å². The molecule has 6 nitrogen and oxygen atoms in total. The number of fused-ring (bicyclic) bond motifs is 1. The van der Waals surface area contributed by atoms with Gasteiger partial charge in [-0.3, -0.25) is 9.69 Å². The summed E-state index contributed by atoms with van der Waals surface area (Å²) >= 11 is 0. The quantitative estimate of drug-likeness (QED) is 0.832. The number of likely N-dealkylation sites (tertiary alicyclic amines) is 1. The highest BCUT2D eigenvalue weighted by atomic mass is 16.6. The van der Waals surface area contributed by atoms with Gasteiger partial charge in [0.05, 0.1) is 13.2 Å². The van der Waals surface area contributed by atoms with Crippen molar-refractivity contribution in [1.29, 1.82) is 0 Å². The molecule has 0 spiro atoms. The van der Waals surface area contributed by atoms with Gasteiger partial charge in [0.15, 0.2) is 11.5 Å². The lowest BCUT2D eigenvalue weighted by molar-refractivity contribution is 0.0936. The molecule has 2 heterocycles. The molecular formula is C22H26N2O4. The van der Waals surface area contributed by atoms with Gasteiger partial charge in [0.25, 0.3) is 5.91 Å². The van der Waals surface area contributed by atoms with Crippen molar-refractivity contribution in [3.8, 4) is 17.2 Å². The summed E-state index contributed by atoms with van der Waals surface area (Å²) in [6, 6.07) is 13.6. The van der Waals surface area contributed by atoms with E-state index in [1.54, 1.807) is 25.3 Å². The second-order valence-electron chi connectivity index (χ2n) is 7.10. The van der Waals surface area contributed by atoms with Crippen LogP contribution >= 0.6 is 0 Å². The van der Waals surface area contributed by atoms with E-state index in [1.807, 2.05) is 12.1 Å². The first-order valence-electron chi connectivity index (χ1n) is 9.80. The van der Waals surface area contributed by atoms with E-state index in [4.69, 9.17) is 14.2 Å². The van der Waals surface area contributed by atoms with Crippen LogP contribution in [0.15, 0.2) is 42.5 Å². The molecular weight excluding hydrogens is 356 g/mol. The Morgan fingerprint density at radius 1 is 1.07 bits per heavy atom. The van der Waals surface area contributed by atoms with Crippen molar-refractivity contribution in [3.05, 3.63) is 53.6 Å². The fraction of sp³-hybridized carbons (Fsp3) is 0.409. The van der Waals surface area contributed by atoms with Gasteiger partial charge in [0, 0.05) is 12.1 Å². The summed E-state index contributed by atoms with van der Waals surface area (Å²) in [7, 11) is 1.67. The summed E-state index contributed by atoms with van der Waals surface area (Å²) in [6.07, 6.45) is 2.39. The van der Waals surface area contributed by atoms with E-state index >= 15 is 0 Å². The monoisotopic (exact) mass is 382 g/mol. The predicted octanol–water partition coefficient (Wildman–Crippen LogP) is 3.03. The lowest BCUT2D eigenvalue weighted by Crippen LogP contribution is -2.36. The molecule has 1 amide bonds. The Bertz CT molecular complexity index is 816. The molecule has 28 heavy (non-hydrogen) atoms. The van der Waals surface area contributed by atoms with Crippen molar-refractivity contribution >= 4 is 5.91 Å². The third kappa shape index (κ3) is 4.07. The molecule has 0 saturated carbocycles. The molecule has 0 aromatic heterocycles. The van der Waals surface area contributed by atoms with Crippen molar-refractivity contribution in [2.24, 2.45) is 0 Å². The standard InChI is InChI=1S/C22H26N2O4/c1-26-18-7-4-16(5-8-18)19(24-10-2-3-11-24)15-23-22(25)17-6-9-20-21(14-17)28-13-12-27-20/h4-9,14,19H,2-3,10-13,15H2,1H3,(H,23,25). The number of nitrogens with one attached hydrogen (secondary N) is 1. The number of hydrogen-bond donors (Lipinski definition) is 1. The van der Waals surface area contributed by atoms with Crippen LogP contribution in [0.3, 0.4) is 0 Å². The first-order valence-corrected chi connectivity index (χ1v) is 9.80. The van der Waals surface area contributed by atoms with Crippen LogP contribution in [0.5, 0.6) is 17.2 Å². The third-order valence-corrected chi connectivity index (χ3v) is 5.34. The van der Waals surface area contributed by atoms with Crippen LogP contribution in [-0.2, 0) is 0 Å². The van der Waals surface area contributed by atoms with Gasteiger partial charge in [-0.05, 0) is 61.8 Å². The van der Waals surface area contributed by atoms with Crippen molar-refractivity contribution in [1.82, 2.24) is 10.2 Å². The van der Waals surface area contributed by atoms with E-state index in [1.165, 1.54) is 18.4 Å².